The minimum atomic E-state index is -1.00. The van der Waals surface area contributed by atoms with Crippen LogP contribution in [0, 0.1) is 5.92 Å². The molecule has 0 aromatic carbocycles. The molecule has 1 saturated carbocycles. The molecule has 13 heavy (non-hydrogen) atoms. The summed E-state index contributed by atoms with van der Waals surface area (Å²) in [4.78, 5) is 10.5. The Morgan fingerprint density at radius 1 is 1.62 bits per heavy atom. The number of rotatable bonds is 4. The van der Waals surface area contributed by atoms with E-state index in [2.05, 4.69) is 0 Å². The summed E-state index contributed by atoms with van der Waals surface area (Å²) < 4.78 is 5.09. The number of carboxylic acid groups (broad SMARTS) is 1. The highest BCUT2D eigenvalue weighted by Gasteiger charge is 2.22. The maximum Gasteiger partial charge on any atom is 0.371 e. The van der Waals surface area contributed by atoms with Gasteiger partial charge in [0.2, 0.25) is 5.76 Å². The summed E-state index contributed by atoms with van der Waals surface area (Å²) in [6.45, 7) is 0. The van der Waals surface area contributed by atoms with Crippen LogP contribution in [0.4, 0.5) is 0 Å². The first kappa shape index (κ1) is 8.69. The number of furan rings is 1. The second-order valence-electron chi connectivity index (χ2n) is 3.18. The van der Waals surface area contributed by atoms with Crippen LogP contribution < -0.4 is 0 Å². The van der Waals surface area contributed by atoms with Crippen molar-refractivity contribution in [2.75, 3.05) is 5.75 Å². The lowest BCUT2D eigenvalue weighted by molar-refractivity contribution is 0.0656. The van der Waals surface area contributed by atoms with Gasteiger partial charge in [-0.2, -0.15) is 0 Å². The average molecular weight is 198 g/mol. The molecular weight excluding hydrogens is 188 g/mol. The molecule has 0 bridgehead atoms. The number of carbonyl (C=O) groups is 1. The van der Waals surface area contributed by atoms with Crippen LogP contribution in [0.2, 0.25) is 0 Å². The van der Waals surface area contributed by atoms with Crippen LogP contribution in [0.5, 0.6) is 0 Å². The summed E-state index contributed by atoms with van der Waals surface area (Å²) in [5.74, 6) is 0.895. The molecule has 70 valence electrons. The minimum Gasteiger partial charge on any atom is -0.475 e. The van der Waals surface area contributed by atoms with Crippen molar-refractivity contribution in [1.29, 1.82) is 0 Å². The van der Waals surface area contributed by atoms with Crippen LogP contribution in [0.15, 0.2) is 21.6 Å². The van der Waals surface area contributed by atoms with Crippen LogP contribution >= 0.6 is 11.8 Å². The first-order valence-electron chi connectivity index (χ1n) is 4.21. The van der Waals surface area contributed by atoms with Gasteiger partial charge < -0.3 is 9.52 Å². The highest BCUT2D eigenvalue weighted by atomic mass is 32.2. The summed E-state index contributed by atoms with van der Waals surface area (Å²) >= 11 is 1.60. The van der Waals surface area contributed by atoms with E-state index in [-0.39, 0.29) is 5.76 Å². The van der Waals surface area contributed by atoms with Gasteiger partial charge in [0, 0.05) is 5.75 Å². The predicted molar refractivity (Wildman–Crippen MR) is 49.1 cm³/mol. The van der Waals surface area contributed by atoms with E-state index in [0.717, 1.165) is 11.7 Å². The van der Waals surface area contributed by atoms with Crippen LogP contribution in [-0.4, -0.2) is 16.8 Å². The fourth-order valence-corrected chi connectivity index (χ4v) is 2.04. The fourth-order valence-electron chi connectivity index (χ4n) is 0.997. The maximum atomic E-state index is 10.5. The molecule has 3 nitrogen and oxygen atoms in total. The molecule has 1 aromatic rings. The Bertz CT molecular complexity index is 314. The Hall–Kier alpha value is -0.900. The van der Waals surface area contributed by atoms with Crippen molar-refractivity contribution in [2.45, 2.75) is 17.9 Å². The Kier molecular flexibility index (Phi) is 2.31. The Labute approximate surface area is 80.1 Å². The van der Waals surface area contributed by atoms with Crippen molar-refractivity contribution >= 4 is 17.7 Å². The number of hydrogen-bond donors (Lipinski definition) is 1. The molecule has 1 fully saturated rings. The zero-order valence-corrected chi connectivity index (χ0v) is 7.84. The van der Waals surface area contributed by atoms with E-state index >= 15 is 0 Å². The topological polar surface area (TPSA) is 50.4 Å². The molecule has 2 rings (SSSR count). The standard InChI is InChI=1S/C9H10O3S/c10-9(11)7-3-4-8(12-7)13-5-6-1-2-6/h3-4,6H,1-2,5H2,(H,10,11). The van der Waals surface area contributed by atoms with Gasteiger partial charge in [-0.15, -0.1) is 0 Å². The van der Waals surface area contributed by atoms with Gasteiger partial charge in [0.05, 0.1) is 0 Å². The van der Waals surface area contributed by atoms with E-state index in [4.69, 9.17) is 9.52 Å². The molecule has 1 aliphatic carbocycles. The summed E-state index contributed by atoms with van der Waals surface area (Å²) in [5.41, 5.74) is 0. The van der Waals surface area contributed by atoms with Crippen LogP contribution in [-0.2, 0) is 0 Å². The van der Waals surface area contributed by atoms with E-state index in [1.54, 1.807) is 17.8 Å². The lowest BCUT2D eigenvalue weighted by atomic mass is 10.5. The fraction of sp³-hybridized carbons (Fsp3) is 0.444. The second-order valence-corrected chi connectivity index (χ2v) is 4.20. The number of thioether (sulfide) groups is 1. The maximum absolute atomic E-state index is 10.5. The summed E-state index contributed by atoms with van der Waals surface area (Å²) in [6, 6.07) is 3.22. The third-order valence-corrected chi connectivity index (χ3v) is 3.09. The Morgan fingerprint density at radius 2 is 2.38 bits per heavy atom. The third-order valence-electron chi connectivity index (χ3n) is 1.95. The normalized spacial score (nSPS) is 16.0. The molecule has 0 aliphatic heterocycles. The second kappa shape index (κ2) is 3.46. The van der Waals surface area contributed by atoms with Crippen LogP contribution in [0.25, 0.3) is 0 Å². The predicted octanol–water partition coefficient (Wildman–Crippen LogP) is 2.48. The molecule has 1 aliphatic rings. The molecule has 1 aromatic heterocycles. The van der Waals surface area contributed by atoms with Crippen molar-refractivity contribution in [2.24, 2.45) is 5.92 Å². The smallest absolute Gasteiger partial charge is 0.371 e. The van der Waals surface area contributed by atoms with Crippen molar-refractivity contribution in [1.82, 2.24) is 0 Å². The lowest BCUT2D eigenvalue weighted by Crippen LogP contribution is -1.91. The van der Waals surface area contributed by atoms with E-state index in [0.29, 0.717) is 5.09 Å². The molecule has 0 saturated heterocycles. The van der Waals surface area contributed by atoms with Crippen LogP contribution in [0.1, 0.15) is 23.4 Å². The number of carboxylic acids is 1. The largest absolute Gasteiger partial charge is 0.475 e. The van der Waals surface area contributed by atoms with Crippen molar-refractivity contribution < 1.29 is 14.3 Å². The highest BCUT2D eigenvalue weighted by Crippen LogP contribution is 2.35. The number of hydrogen-bond acceptors (Lipinski definition) is 3. The lowest BCUT2D eigenvalue weighted by Gasteiger charge is -1.93. The van der Waals surface area contributed by atoms with Gasteiger partial charge in [0.1, 0.15) is 0 Å². The van der Waals surface area contributed by atoms with Crippen molar-refractivity contribution in [3.05, 3.63) is 17.9 Å². The summed E-state index contributed by atoms with van der Waals surface area (Å²) in [5, 5.41) is 9.30. The van der Waals surface area contributed by atoms with E-state index in [9.17, 15) is 4.79 Å². The first-order chi connectivity index (χ1) is 6.25. The molecule has 1 N–H and O–H groups in total. The SMILES string of the molecule is O=C(O)c1ccc(SCC2CC2)o1. The monoisotopic (exact) mass is 198 g/mol. The Morgan fingerprint density at radius 3 is 2.92 bits per heavy atom. The number of aromatic carboxylic acids is 1. The van der Waals surface area contributed by atoms with Gasteiger partial charge in [-0.05, 0) is 30.9 Å². The summed E-state index contributed by atoms with van der Waals surface area (Å²) in [7, 11) is 0. The van der Waals surface area contributed by atoms with Gasteiger partial charge in [0.25, 0.3) is 0 Å². The molecule has 0 radical (unpaired) electrons. The highest BCUT2D eigenvalue weighted by molar-refractivity contribution is 7.99. The van der Waals surface area contributed by atoms with E-state index in [1.165, 1.54) is 18.9 Å². The molecule has 0 unspecified atom stereocenters. The van der Waals surface area contributed by atoms with Gasteiger partial charge in [-0.25, -0.2) is 4.79 Å². The zero-order valence-electron chi connectivity index (χ0n) is 7.03. The van der Waals surface area contributed by atoms with E-state index in [1.807, 2.05) is 0 Å². The molecule has 4 heteroatoms. The first-order valence-corrected chi connectivity index (χ1v) is 5.20. The van der Waals surface area contributed by atoms with Gasteiger partial charge in [0.15, 0.2) is 5.09 Å². The summed E-state index contributed by atoms with van der Waals surface area (Å²) in [6.07, 6.45) is 2.61. The zero-order chi connectivity index (χ0) is 9.26. The van der Waals surface area contributed by atoms with Gasteiger partial charge in [-0.1, -0.05) is 11.8 Å². The molecule has 0 atom stereocenters. The molecular formula is C9H10O3S. The van der Waals surface area contributed by atoms with Crippen molar-refractivity contribution in [3.8, 4) is 0 Å². The molecule has 0 spiro atoms. The third kappa shape index (κ3) is 2.28. The van der Waals surface area contributed by atoms with Gasteiger partial charge in [-0.3, -0.25) is 0 Å². The van der Waals surface area contributed by atoms with Crippen molar-refractivity contribution in [3.63, 3.8) is 0 Å². The average Bonchev–Trinajstić information content (AvgIpc) is 2.79. The van der Waals surface area contributed by atoms with Crippen LogP contribution in [0.3, 0.4) is 0 Å². The molecule has 1 heterocycles. The van der Waals surface area contributed by atoms with E-state index < -0.39 is 5.97 Å². The molecule has 0 amide bonds. The minimum absolute atomic E-state index is 0.0262. The Balaban J connectivity index is 1.92. The van der Waals surface area contributed by atoms with Gasteiger partial charge >= 0.3 is 5.97 Å². The quantitative estimate of drug-likeness (QED) is 0.755.